The fourth-order valence-electron chi connectivity index (χ4n) is 0.890. The number of benzene rings is 1. The number of nitrogens with one attached hydrogen (secondary N) is 2. The minimum absolute atomic E-state index is 0.186. The van der Waals surface area contributed by atoms with Gasteiger partial charge in [-0.1, -0.05) is 12.1 Å². The summed E-state index contributed by atoms with van der Waals surface area (Å²) in [5, 5.41) is 5.36. The molecule has 1 aromatic carbocycles. The van der Waals surface area contributed by atoms with Crippen molar-refractivity contribution in [3.8, 4) is 0 Å². The average Bonchev–Trinajstić information content (AvgIpc) is 2.09. The van der Waals surface area contributed by atoms with E-state index in [0.717, 1.165) is 10.2 Å². The molecular formula is C9H11BrN2O. The van der Waals surface area contributed by atoms with Crippen molar-refractivity contribution in [1.29, 1.82) is 0 Å². The first-order chi connectivity index (χ1) is 6.24. The Hall–Kier alpha value is -1.03. The first kappa shape index (κ1) is 10.1. The van der Waals surface area contributed by atoms with Gasteiger partial charge in [-0.05, 0) is 35.0 Å². The summed E-state index contributed by atoms with van der Waals surface area (Å²) in [4.78, 5) is 11.1. The number of rotatable bonds is 2. The molecule has 0 aromatic heterocycles. The molecule has 0 aliphatic heterocycles. The van der Waals surface area contributed by atoms with Crippen molar-refractivity contribution >= 4 is 27.6 Å². The molecule has 0 saturated heterocycles. The molecule has 0 spiro atoms. The molecule has 0 bridgehead atoms. The standard InChI is InChI=1S/C9H11BrN2O/c1-2-11-9(13)12-8-6-4-3-5-7(8)10/h3-6H,2H2,1H3,(H2,11,12,13). The highest BCUT2D eigenvalue weighted by Gasteiger charge is 2.01. The van der Waals surface area contributed by atoms with Gasteiger partial charge in [-0.25, -0.2) is 4.79 Å². The third-order valence-corrected chi connectivity index (χ3v) is 2.15. The molecular weight excluding hydrogens is 232 g/mol. The molecule has 3 nitrogen and oxygen atoms in total. The monoisotopic (exact) mass is 242 g/mol. The number of carbonyl (C=O) groups is 1. The van der Waals surface area contributed by atoms with Gasteiger partial charge >= 0.3 is 6.03 Å². The molecule has 0 aliphatic carbocycles. The van der Waals surface area contributed by atoms with Gasteiger partial charge in [0.15, 0.2) is 0 Å². The fourth-order valence-corrected chi connectivity index (χ4v) is 1.27. The summed E-state index contributed by atoms with van der Waals surface area (Å²) in [7, 11) is 0. The zero-order chi connectivity index (χ0) is 9.68. The van der Waals surface area contributed by atoms with Gasteiger partial charge in [0.1, 0.15) is 0 Å². The molecule has 0 aliphatic rings. The van der Waals surface area contributed by atoms with Crippen LogP contribution in [0.1, 0.15) is 6.92 Å². The summed E-state index contributed by atoms with van der Waals surface area (Å²) in [6.07, 6.45) is 0. The van der Waals surface area contributed by atoms with Crippen molar-refractivity contribution in [3.05, 3.63) is 28.7 Å². The maximum Gasteiger partial charge on any atom is 0.319 e. The van der Waals surface area contributed by atoms with E-state index < -0.39 is 0 Å². The lowest BCUT2D eigenvalue weighted by Gasteiger charge is -2.06. The van der Waals surface area contributed by atoms with E-state index in [1.807, 2.05) is 31.2 Å². The highest BCUT2D eigenvalue weighted by atomic mass is 79.9. The summed E-state index contributed by atoms with van der Waals surface area (Å²) < 4.78 is 0.876. The summed E-state index contributed by atoms with van der Waals surface area (Å²) in [6, 6.07) is 7.29. The van der Waals surface area contributed by atoms with E-state index in [9.17, 15) is 4.79 Å². The van der Waals surface area contributed by atoms with E-state index >= 15 is 0 Å². The van der Waals surface area contributed by atoms with Crippen LogP contribution >= 0.6 is 15.9 Å². The van der Waals surface area contributed by atoms with Crippen LogP contribution in [0.2, 0.25) is 0 Å². The SMILES string of the molecule is CCNC(=O)Nc1ccccc1Br. The minimum Gasteiger partial charge on any atom is -0.338 e. The van der Waals surface area contributed by atoms with Gasteiger partial charge in [-0.2, -0.15) is 0 Å². The van der Waals surface area contributed by atoms with Gasteiger partial charge in [0.25, 0.3) is 0 Å². The number of amides is 2. The van der Waals surface area contributed by atoms with Gasteiger partial charge in [-0.15, -0.1) is 0 Å². The normalized spacial score (nSPS) is 9.38. The van der Waals surface area contributed by atoms with Gasteiger partial charge in [0.05, 0.1) is 5.69 Å². The second kappa shape index (κ2) is 4.87. The number of carbonyl (C=O) groups excluding carboxylic acids is 1. The molecule has 1 aromatic rings. The Balaban J connectivity index is 2.63. The Kier molecular flexibility index (Phi) is 3.76. The van der Waals surface area contributed by atoms with Gasteiger partial charge < -0.3 is 10.6 Å². The van der Waals surface area contributed by atoms with Crippen LogP contribution in [0.15, 0.2) is 28.7 Å². The molecule has 1 rings (SSSR count). The van der Waals surface area contributed by atoms with Crippen LogP contribution in [0.4, 0.5) is 10.5 Å². The van der Waals surface area contributed by atoms with E-state index in [1.54, 1.807) is 0 Å². The molecule has 4 heteroatoms. The van der Waals surface area contributed by atoms with Crippen LogP contribution < -0.4 is 10.6 Å². The second-order valence-electron chi connectivity index (χ2n) is 2.46. The Morgan fingerprint density at radius 2 is 2.15 bits per heavy atom. The predicted octanol–water partition coefficient (Wildman–Crippen LogP) is 2.59. The average molecular weight is 243 g/mol. The quantitative estimate of drug-likeness (QED) is 0.823. The van der Waals surface area contributed by atoms with Gasteiger partial charge in [0, 0.05) is 11.0 Å². The number of anilines is 1. The van der Waals surface area contributed by atoms with Crippen molar-refractivity contribution in [2.45, 2.75) is 6.92 Å². The molecule has 0 unspecified atom stereocenters. The lowest BCUT2D eigenvalue weighted by Crippen LogP contribution is -2.28. The summed E-state index contributed by atoms with van der Waals surface area (Å²) in [5.41, 5.74) is 0.772. The number of halogens is 1. The van der Waals surface area contributed by atoms with Gasteiger partial charge in [-0.3, -0.25) is 0 Å². The Labute approximate surface area is 85.7 Å². The van der Waals surface area contributed by atoms with Crippen molar-refractivity contribution in [2.75, 3.05) is 11.9 Å². The van der Waals surface area contributed by atoms with Gasteiger partial charge in [0.2, 0.25) is 0 Å². The van der Waals surface area contributed by atoms with Crippen LogP contribution in [-0.2, 0) is 0 Å². The first-order valence-electron chi connectivity index (χ1n) is 4.03. The smallest absolute Gasteiger partial charge is 0.319 e. The number of urea groups is 1. The molecule has 70 valence electrons. The highest BCUT2D eigenvalue weighted by Crippen LogP contribution is 2.20. The lowest BCUT2D eigenvalue weighted by atomic mass is 10.3. The van der Waals surface area contributed by atoms with Crippen molar-refractivity contribution < 1.29 is 4.79 Å². The van der Waals surface area contributed by atoms with Crippen LogP contribution in [0.3, 0.4) is 0 Å². The largest absolute Gasteiger partial charge is 0.338 e. The van der Waals surface area contributed by atoms with Crippen LogP contribution in [0.25, 0.3) is 0 Å². The number of para-hydroxylation sites is 1. The van der Waals surface area contributed by atoms with E-state index in [4.69, 9.17) is 0 Å². The van der Waals surface area contributed by atoms with Crippen LogP contribution in [-0.4, -0.2) is 12.6 Å². The topological polar surface area (TPSA) is 41.1 Å². The highest BCUT2D eigenvalue weighted by molar-refractivity contribution is 9.10. The third kappa shape index (κ3) is 3.06. The van der Waals surface area contributed by atoms with Crippen molar-refractivity contribution in [2.24, 2.45) is 0 Å². The maximum absolute atomic E-state index is 11.1. The second-order valence-corrected chi connectivity index (χ2v) is 3.32. The molecule has 0 fully saturated rings. The zero-order valence-electron chi connectivity index (χ0n) is 7.30. The third-order valence-electron chi connectivity index (χ3n) is 1.46. The van der Waals surface area contributed by atoms with E-state index in [1.165, 1.54) is 0 Å². The van der Waals surface area contributed by atoms with E-state index in [2.05, 4.69) is 26.6 Å². The Morgan fingerprint density at radius 3 is 2.77 bits per heavy atom. The summed E-state index contributed by atoms with van der Waals surface area (Å²) in [5.74, 6) is 0. The predicted molar refractivity (Wildman–Crippen MR) is 56.8 cm³/mol. The summed E-state index contributed by atoms with van der Waals surface area (Å²) >= 11 is 3.33. The van der Waals surface area contributed by atoms with Crippen LogP contribution in [0.5, 0.6) is 0 Å². The minimum atomic E-state index is -0.186. The van der Waals surface area contributed by atoms with Crippen molar-refractivity contribution in [3.63, 3.8) is 0 Å². The molecule has 2 amide bonds. The molecule has 0 radical (unpaired) electrons. The molecule has 0 heterocycles. The lowest BCUT2D eigenvalue weighted by molar-refractivity contribution is 0.252. The number of hydrogen-bond acceptors (Lipinski definition) is 1. The molecule has 0 saturated carbocycles. The Morgan fingerprint density at radius 1 is 1.46 bits per heavy atom. The fraction of sp³-hybridized carbons (Fsp3) is 0.222. The Bertz CT molecular complexity index is 301. The molecule has 0 atom stereocenters. The first-order valence-corrected chi connectivity index (χ1v) is 4.82. The molecule has 2 N–H and O–H groups in total. The van der Waals surface area contributed by atoms with Crippen molar-refractivity contribution in [1.82, 2.24) is 5.32 Å². The van der Waals surface area contributed by atoms with Crippen LogP contribution in [0, 0.1) is 0 Å². The zero-order valence-corrected chi connectivity index (χ0v) is 8.89. The van der Waals surface area contributed by atoms with E-state index in [-0.39, 0.29) is 6.03 Å². The maximum atomic E-state index is 11.1. The molecule has 13 heavy (non-hydrogen) atoms. The van der Waals surface area contributed by atoms with E-state index in [0.29, 0.717) is 6.54 Å². The number of hydrogen-bond donors (Lipinski definition) is 2. The summed E-state index contributed by atoms with van der Waals surface area (Å²) in [6.45, 7) is 2.50.